The number of anilines is 1. The molecule has 7 heteroatoms. The maximum Gasteiger partial charge on any atom is 0.291 e. The summed E-state index contributed by atoms with van der Waals surface area (Å²) in [4.78, 5) is 46.7. The predicted octanol–water partition coefficient (Wildman–Crippen LogP) is 6.51. The maximum atomic E-state index is 14.9. The van der Waals surface area contributed by atoms with Crippen molar-refractivity contribution in [2.45, 2.75) is 32.5 Å². The Bertz CT molecular complexity index is 1960. The number of hydrogen-bond acceptors (Lipinski definition) is 4. The lowest BCUT2D eigenvalue weighted by molar-refractivity contribution is -0.126. The molecule has 0 fully saturated rings. The van der Waals surface area contributed by atoms with Gasteiger partial charge in [-0.25, -0.2) is 0 Å². The molecule has 4 aromatic carbocycles. The van der Waals surface area contributed by atoms with E-state index in [9.17, 15) is 14.4 Å². The number of rotatable bonds is 4. The van der Waals surface area contributed by atoms with Crippen LogP contribution in [0.2, 0.25) is 5.02 Å². The van der Waals surface area contributed by atoms with Gasteiger partial charge in [-0.2, -0.15) is 0 Å². The average molecular weight is 561 g/mol. The molecule has 2 amide bonds. The molecule has 0 saturated carbocycles. The van der Waals surface area contributed by atoms with Crippen molar-refractivity contribution in [1.29, 1.82) is 0 Å². The van der Waals surface area contributed by atoms with Crippen LogP contribution in [0.25, 0.3) is 11.0 Å². The summed E-state index contributed by atoms with van der Waals surface area (Å²) in [5.41, 5.74) is 3.01. The highest BCUT2D eigenvalue weighted by Crippen LogP contribution is 2.53. The Morgan fingerprint density at radius 3 is 2.29 bits per heavy atom. The standard InChI is InChI=1S/C34H25ClN2O4/c1-20-11-14-22(15-12-20)18-37-32(39)31-29(30(38)24-17-21(2)13-16-28(24)41-31)34(37)25-8-4-6-10-27(25)36(33(34)40)19-23-7-3-5-9-26(23)35/h3-17H,18-19H2,1-2H3. The third-order valence-electron chi connectivity index (χ3n) is 8.14. The van der Waals surface area contributed by atoms with Crippen LogP contribution in [0.4, 0.5) is 5.69 Å². The van der Waals surface area contributed by atoms with Crippen LogP contribution in [0.15, 0.2) is 100 Å². The second-order valence-electron chi connectivity index (χ2n) is 10.7. The normalized spacial score (nSPS) is 17.5. The highest BCUT2D eigenvalue weighted by Gasteiger charge is 2.65. The van der Waals surface area contributed by atoms with Crippen LogP contribution < -0.4 is 10.3 Å². The number of halogens is 1. The van der Waals surface area contributed by atoms with E-state index in [1.165, 1.54) is 4.90 Å². The smallest absolute Gasteiger partial charge is 0.291 e. The van der Waals surface area contributed by atoms with E-state index >= 15 is 0 Å². The molecule has 0 radical (unpaired) electrons. The average Bonchev–Trinajstić information content (AvgIpc) is 3.36. The Morgan fingerprint density at radius 2 is 1.51 bits per heavy atom. The molecule has 6 nitrogen and oxygen atoms in total. The van der Waals surface area contributed by atoms with Gasteiger partial charge in [0, 0.05) is 17.1 Å². The summed E-state index contributed by atoms with van der Waals surface area (Å²) in [6, 6.07) is 27.7. The molecule has 2 aliphatic heterocycles. The Balaban J connectivity index is 1.52. The predicted molar refractivity (Wildman–Crippen MR) is 158 cm³/mol. The SMILES string of the molecule is Cc1ccc(CN2C(=O)c3oc4ccc(C)cc4c(=O)c3C23C(=O)N(Cc2ccccc2Cl)c2ccccc23)cc1. The summed E-state index contributed by atoms with van der Waals surface area (Å²) < 4.78 is 6.18. The maximum absolute atomic E-state index is 14.9. The fraction of sp³-hybridized carbons (Fsp3) is 0.147. The lowest BCUT2D eigenvalue weighted by Gasteiger charge is -2.34. The van der Waals surface area contributed by atoms with Gasteiger partial charge in [-0.1, -0.05) is 89.5 Å². The van der Waals surface area contributed by atoms with E-state index in [0.717, 1.165) is 22.3 Å². The van der Waals surface area contributed by atoms with E-state index < -0.39 is 17.4 Å². The summed E-state index contributed by atoms with van der Waals surface area (Å²) in [5.74, 6) is -0.985. The van der Waals surface area contributed by atoms with E-state index in [1.807, 2.05) is 86.6 Å². The zero-order valence-corrected chi connectivity index (χ0v) is 23.2. The van der Waals surface area contributed by atoms with Crippen LogP contribution in [0.3, 0.4) is 0 Å². The van der Waals surface area contributed by atoms with Crippen molar-refractivity contribution in [3.05, 3.63) is 145 Å². The van der Waals surface area contributed by atoms with E-state index in [1.54, 1.807) is 23.1 Å². The number of nitrogens with zero attached hydrogens (tertiary/aromatic N) is 2. The molecular formula is C34H25ClN2O4. The molecule has 0 saturated heterocycles. The minimum absolute atomic E-state index is 0.0619. The van der Waals surface area contributed by atoms with Gasteiger partial charge in [0.05, 0.1) is 23.2 Å². The largest absolute Gasteiger partial charge is 0.450 e. The highest BCUT2D eigenvalue weighted by molar-refractivity contribution is 6.31. The lowest BCUT2D eigenvalue weighted by Crippen LogP contribution is -2.52. The summed E-state index contributed by atoms with van der Waals surface area (Å²) in [5, 5.41) is 0.863. The number of para-hydroxylation sites is 1. The monoisotopic (exact) mass is 560 g/mol. The van der Waals surface area contributed by atoms with E-state index in [2.05, 4.69) is 0 Å². The van der Waals surface area contributed by atoms with Crippen molar-refractivity contribution >= 4 is 40.1 Å². The molecule has 1 aromatic heterocycles. The molecular weight excluding hydrogens is 536 g/mol. The fourth-order valence-electron chi connectivity index (χ4n) is 6.16. The van der Waals surface area contributed by atoms with Gasteiger partial charge in [-0.3, -0.25) is 14.4 Å². The molecule has 5 aromatic rings. The number of fused-ring (bicyclic) bond motifs is 5. The summed E-state index contributed by atoms with van der Waals surface area (Å²) in [6.45, 7) is 4.16. The molecule has 1 unspecified atom stereocenters. The van der Waals surface area contributed by atoms with E-state index in [-0.39, 0.29) is 29.8 Å². The third-order valence-corrected chi connectivity index (χ3v) is 8.51. The van der Waals surface area contributed by atoms with Crippen molar-refractivity contribution in [3.63, 3.8) is 0 Å². The summed E-state index contributed by atoms with van der Waals surface area (Å²) in [6.07, 6.45) is 0. The first kappa shape index (κ1) is 25.3. The van der Waals surface area contributed by atoms with Gasteiger partial charge >= 0.3 is 0 Å². The molecule has 0 bridgehead atoms. The quantitative estimate of drug-likeness (QED) is 0.251. The second kappa shape index (κ2) is 9.18. The van der Waals surface area contributed by atoms with Gasteiger partial charge in [0.25, 0.3) is 11.8 Å². The van der Waals surface area contributed by atoms with Crippen LogP contribution in [-0.2, 0) is 23.4 Å². The van der Waals surface area contributed by atoms with E-state index in [4.69, 9.17) is 16.0 Å². The Kier molecular flexibility index (Phi) is 5.66. The molecule has 0 N–H and O–H groups in total. The summed E-state index contributed by atoms with van der Waals surface area (Å²) in [7, 11) is 0. The molecule has 202 valence electrons. The van der Waals surface area contributed by atoms with Gasteiger partial charge in [0.15, 0.2) is 11.0 Å². The number of hydrogen-bond donors (Lipinski definition) is 0. The van der Waals surface area contributed by atoms with Gasteiger partial charge in [-0.15, -0.1) is 0 Å². The van der Waals surface area contributed by atoms with Gasteiger partial charge in [-0.05, 0) is 49.2 Å². The number of carbonyl (C=O) groups is 2. The zero-order chi connectivity index (χ0) is 28.5. The Morgan fingerprint density at radius 1 is 0.805 bits per heavy atom. The first-order chi connectivity index (χ1) is 19.8. The van der Waals surface area contributed by atoms with Gasteiger partial charge in [0.1, 0.15) is 5.58 Å². The van der Waals surface area contributed by atoms with Crippen molar-refractivity contribution in [2.75, 3.05) is 4.90 Å². The van der Waals surface area contributed by atoms with Crippen LogP contribution in [0.1, 0.15) is 43.9 Å². The second-order valence-corrected chi connectivity index (χ2v) is 11.1. The van der Waals surface area contributed by atoms with Crippen LogP contribution in [0.5, 0.6) is 0 Å². The van der Waals surface area contributed by atoms with Gasteiger partial charge in [0.2, 0.25) is 5.76 Å². The molecule has 41 heavy (non-hydrogen) atoms. The highest BCUT2D eigenvalue weighted by atomic mass is 35.5. The lowest BCUT2D eigenvalue weighted by atomic mass is 9.83. The van der Waals surface area contributed by atoms with Crippen LogP contribution in [0, 0.1) is 13.8 Å². The minimum Gasteiger partial charge on any atom is -0.450 e. The first-order valence-corrected chi connectivity index (χ1v) is 13.8. The number of benzene rings is 4. The Hall–Kier alpha value is -4.68. The fourth-order valence-corrected chi connectivity index (χ4v) is 6.35. The van der Waals surface area contributed by atoms with Crippen LogP contribution >= 0.6 is 11.6 Å². The molecule has 1 spiro atoms. The summed E-state index contributed by atoms with van der Waals surface area (Å²) >= 11 is 6.52. The van der Waals surface area contributed by atoms with Crippen molar-refractivity contribution in [2.24, 2.45) is 0 Å². The van der Waals surface area contributed by atoms with E-state index in [0.29, 0.717) is 27.2 Å². The minimum atomic E-state index is -1.70. The van der Waals surface area contributed by atoms with Crippen molar-refractivity contribution in [3.8, 4) is 0 Å². The van der Waals surface area contributed by atoms with Gasteiger partial charge < -0.3 is 14.2 Å². The molecule has 3 heterocycles. The molecule has 7 rings (SSSR count). The molecule has 0 aliphatic carbocycles. The number of aryl methyl sites for hydroxylation is 2. The molecule has 1 atom stereocenters. The zero-order valence-electron chi connectivity index (χ0n) is 22.5. The first-order valence-electron chi connectivity index (χ1n) is 13.4. The Labute approximate surface area is 241 Å². The number of amides is 2. The van der Waals surface area contributed by atoms with Crippen LogP contribution in [-0.4, -0.2) is 16.7 Å². The number of carbonyl (C=O) groups excluding carboxylic acids is 2. The molecule has 2 aliphatic rings. The van der Waals surface area contributed by atoms with Crippen molar-refractivity contribution < 1.29 is 14.0 Å². The van der Waals surface area contributed by atoms with Crippen molar-refractivity contribution in [1.82, 2.24) is 4.90 Å². The topological polar surface area (TPSA) is 70.8 Å². The third kappa shape index (κ3) is 3.60.